The molecule has 0 spiro atoms. The third kappa shape index (κ3) is 2.75. The van der Waals surface area contributed by atoms with E-state index in [1.807, 2.05) is 11.4 Å². The van der Waals surface area contributed by atoms with Crippen LogP contribution in [0.3, 0.4) is 0 Å². The minimum absolute atomic E-state index is 0.207. The summed E-state index contributed by atoms with van der Waals surface area (Å²) in [4.78, 5) is 1.49. The molecule has 0 fully saturated rings. The van der Waals surface area contributed by atoms with Crippen molar-refractivity contribution in [1.29, 1.82) is 0 Å². The van der Waals surface area contributed by atoms with E-state index in [1.54, 1.807) is 29.5 Å². The Balaban J connectivity index is 2.00. The highest BCUT2D eigenvalue weighted by molar-refractivity contribution is 9.10. The van der Waals surface area contributed by atoms with Crippen LogP contribution in [0.5, 0.6) is 5.75 Å². The summed E-state index contributed by atoms with van der Waals surface area (Å²) in [5, 5.41) is 2.01. The van der Waals surface area contributed by atoms with E-state index in [2.05, 4.69) is 15.9 Å². The predicted molar refractivity (Wildman–Crippen MR) is 86.3 cm³/mol. The van der Waals surface area contributed by atoms with Crippen LogP contribution in [0.2, 0.25) is 0 Å². The fourth-order valence-electron chi connectivity index (χ4n) is 2.42. The van der Waals surface area contributed by atoms with E-state index in [4.69, 9.17) is 4.74 Å². The Morgan fingerprint density at radius 1 is 1.33 bits per heavy atom. The topological polar surface area (TPSA) is 46.6 Å². The lowest BCUT2D eigenvalue weighted by atomic mass is 10.1. The van der Waals surface area contributed by atoms with Crippen LogP contribution in [-0.4, -0.2) is 26.4 Å². The Bertz CT molecular complexity index is 770. The second-order valence-corrected chi connectivity index (χ2v) is 8.58. The minimum atomic E-state index is -3.56. The summed E-state index contributed by atoms with van der Waals surface area (Å²) in [5.41, 5.74) is 1.10. The molecule has 2 aromatic rings. The minimum Gasteiger partial charge on any atom is -0.495 e. The van der Waals surface area contributed by atoms with Crippen LogP contribution in [0.15, 0.2) is 39.0 Å². The molecule has 0 saturated carbocycles. The number of rotatable bonds is 3. The zero-order valence-corrected chi connectivity index (χ0v) is 14.6. The monoisotopic (exact) mass is 387 g/mol. The van der Waals surface area contributed by atoms with Gasteiger partial charge in [-0.1, -0.05) is 15.9 Å². The van der Waals surface area contributed by atoms with Gasteiger partial charge in [0.25, 0.3) is 0 Å². The van der Waals surface area contributed by atoms with Crippen molar-refractivity contribution in [1.82, 2.24) is 4.31 Å². The van der Waals surface area contributed by atoms with Crippen molar-refractivity contribution >= 4 is 37.3 Å². The summed E-state index contributed by atoms with van der Waals surface area (Å²) in [7, 11) is -2.08. The van der Waals surface area contributed by atoms with E-state index in [0.29, 0.717) is 18.8 Å². The summed E-state index contributed by atoms with van der Waals surface area (Å²) in [6.07, 6.45) is 0.766. The fourth-order valence-corrected chi connectivity index (χ4v) is 5.42. The Hall–Kier alpha value is -0.890. The average Bonchev–Trinajstić information content (AvgIpc) is 2.94. The second kappa shape index (κ2) is 5.72. The van der Waals surface area contributed by atoms with Crippen molar-refractivity contribution < 1.29 is 13.2 Å². The molecule has 2 heterocycles. The van der Waals surface area contributed by atoms with Crippen molar-refractivity contribution in [2.45, 2.75) is 17.9 Å². The van der Waals surface area contributed by atoms with Gasteiger partial charge in [-0.3, -0.25) is 0 Å². The summed E-state index contributed by atoms with van der Waals surface area (Å²) >= 11 is 5.01. The van der Waals surface area contributed by atoms with Crippen molar-refractivity contribution in [3.63, 3.8) is 0 Å². The maximum atomic E-state index is 12.9. The van der Waals surface area contributed by atoms with Crippen LogP contribution in [0.25, 0.3) is 0 Å². The highest BCUT2D eigenvalue weighted by atomic mass is 79.9. The van der Waals surface area contributed by atoms with Crippen molar-refractivity contribution in [2.75, 3.05) is 13.7 Å². The van der Waals surface area contributed by atoms with Gasteiger partial charge >= 0.3 is 0 Å². The van der Waals surface area contributed by atoms with Gasteiger partial charge in [-0.05, 0) is 41.6 Å². The van der Waals surface area contributed by atoms with Gasteiger partial charge in [0.1, 0.15) is 10.6 Å². The Morgan fingerprint density at radius 3 is 2.90 bits per heavy atom. The van der Waals surface area contributed by atoms with Gasteiger partial charge in [-0.25, -0.2) is 8.42 Å². The number of thiophene rings is 1. The van der Waals surface area contributed by atoms with Gasteiger partial charge in [-0.15, -0.1) is 11.3 Å². The summed E-state index contributed by atoms with van der Waals surface area (Å²) < 4.78 is 33.2. The molecular weight excluding hydrogens is 374 g/mol. The quantitative estimate of drug-likeness (QED) is 0.811. The molecule has 112 valence electrons. The Labute approximate surface area is 136 Å². The molecule has 0 amide bonds. The van der Waals surface area contributed by atoms with Crippen molar-refractivity contribution in [2.24, 2.45) is 0 Å². The van der Waals surface area contributed by atoms with E-state index in [1.165, 1.54) is 16.3 Å². The fraction of sp³-hybridized carbons (Fsp3) is 0.286. The Morgan fingerprint density at radius 2 is 2.14 bits per heavy atom. The molecular formula is C14H14BrNO3S2. The van der Waals surface area contributed by atoms with Gasteiger partial charge in [0.2, 0.25) is 10.0 Å². The predicted octanol–water partition coefficient (Wildman–Crippen LogP) is 3.27. The standard InChI is InChI=1S/C14H14BrNO3S2/c1-19-12-3-2-11(15)8-14(12)21(17,18)16-6-4-13-10(9-16)5-7-20-13/h2-3,5,7-8H,4,6,9H2,1H3. The van der Waals surface area contributed by atoms with Gasteiger partial charge < -0.3 is 4.74 Å². The molecule has 4 nitrogen and oxygen atoms in total. The molecule has 0 saturated heterocycles. The highest BCUT2D eigenvalue weighted by Gasteiger charge is 2.31. The molecule has 21 heavy (non-hydrogen) atoms. The maximum absolute atomic E-state index is 12.9. The van der Waals surface area contributed by atoms with Gasteiger partial charge in [0, 0.05) is 22.4 Å². The number of hydrogen-bond donors (Lipinski definition) is 0. The molecule has 0 unspecified atom stereocenters. The van der Waals surface area contributed by atoms with E-state index in [9.17, 15) is 8.42 Å². The normalized spacial score (nSPS) is 15.7. The lowest BCUT2D eigenvalue weighted by Crippen LogP contribution is -2.35. The van der Waals surface area contributed by atoms with Gasteiger partial charge in [0.15, 0.2) is 0 Å². The van der Waals surface area contributed by atoms with Crippen LogP contribution < -0.4 is 4.74 Å². The number of sulfonamides is 1. The van der Waals surface area contributed by atoms with Crippen LogP contribution in [0.1, 0.15) is 10.4 Å². The number of halogens is 1. The first-order valence-electron chi connectivity index (χ1n) is 6.41. The zero-order chi connectivity index (χ0) is 15.0. The van der Waals surface area contributed by atoms with Crippen LogP contribution in [-0.2, 0) is 23.0 Å². The molecule has 0 atom stereocenters. The zero-order valence-electron chi connectivity index (χ0n) is 11.4. The molecule has 3 rings (SSSR count). The number of benzene rings is 1. The number of nitrogens with zero attached hydrogens (tertiary/aromatic N) is 1. The first kappa shape index (κ1) is 15.0. The van der Waals surface area contributed by atoms with Crippen LogP contribution in [0.4, 0.5) is 0 Å². The molecule has 1 aromatic carbocycles. The maximum Gasteiger partial charge on any atom is 0.247 e. The van der Waals surface area contributed by atoms with E-state index < -0.39 is 10.0 Å². The van der Waals surface area contributed by atoms with E-state index in [0.717, 1.165) is 16.5 Å². The van der Waals surface area contributed by atoms with Crippen LogP contribution >= 0.6 is 27.3 Å². The summed E-state index contributed by atoms with van der Waals surface area (Å²) in [6, 6.07) is 7.03. The van der Waals surface area contributed by atoms with Crippen LogP contribution in [0, 0.1) is 0 Å². The van der Waals surface area contributed by atoms with E-state index in [-0.39, 0.29) is 4.90 Å². The second-order valence-electron chi connectivity index (χ2n) is 4.75. The van der Waals surface area contributed by atoms with Crippen molar-refractivity contribution in [3.8, 4) is 5.75 Å². The molecule has 1 aliphatic rings. The largest absolute Gasteiger partial charge is 0.495 e. The Kier molecular flexibility index (Phi) is 4.09. The first-order chi connectivity index (χ1) is 10.0. The molecule has 0 bridgehead atoms. The number of ether oxygens (including phenoxy) is 1. The molecule has 0 radical (unpaired) electrons. The first-order valence-corrected chi connectivity index (χ1v) is 9.52. The van der Waals surface area contributed by atoms with E-state index >= 15 is 0 Å². The highest BCUT2D eigenvalue weighted by Crippen LogP contribution is 2.33. The van der Waals surface area contributed by atoms with Crippen molar-refractivity contribution in [3.05, 3.63) is 44.6 Å². The smallest absolute Gasteiger partial charge is 0.247 e. The molecule has 0 aliphatic carbocycles. The molecule has 7 heteroatoms. The summed E-state index contributed by atoms with van der Waals surface area (Å²) in [6.45, 7) is 0.933. The van der Waals surface area contributed by atoms with Gasteiger partial charge in [-0.2, -0.15) is 4.31 Å². The number of fused-ring (bicyclic) bond motifs is 1. The molecule has 1 aromatic heterocycles. The third-order valence-corrected chi connectivity index (χ3v) is 6.90. The third-order valence-electron chi connectivity index (χ3n) is 3.52. The number of hydrogen-bond acceptors (Lipinski definition) is 4. The molecule has 1 aliphatic heterocycles. The number of methoxy groups -OCH3 is 1. The van der Waals surface area contributed by atoms with Gasteiger partial charge in [0.05, 0.1) is 7.11 Å². The SMILES string of the molecule is COc1ccc(Br)cc1S(=O)(=O)N1CCc2sccc2C1. The lowest BCUT2D eigenvalue weighted by Gasteiger charge is -2.26. The molecule has 0 N–H and O–H groups in total. The lowest BCUT2D eigenvalue weighted by molar-refractivity contribution is 0.379. The summed E-state index contributed by atoms with van der Waals surface area (Å²) in [5.74, 6) is 0.370. The average molecular weight is 388 g/mol.